The zero-order chi connectivity index (χ0) is 27.8. The number of hydrogen-bond acceptors (Lipinski definition) is 8. The van der Waals surface area contributed by atoms with E-state index in [0.29, 0.717) is 11.1 Å². The fourth-order valence-corrected chi connectivity index (χ4v) is 4.24. The first kappa shape index (κ1) is 27.9. The molecule has 3 heterocycles. The second kappa shape index (κ2) is 10.5. The summed E-state index contributed by atoms with van der Waals surface area (Å²) in [5.74, 6) is 0. The molecule has 0 saturated carbocycles. The lowest BCUT2D eigenvalue weighted by Crippen LogP contribution is -2.43. The van der Waals surface area contributed by atoms with Crippen LogP contribution in [0.15, 0.2) is 64.4 Å². The molecule has 1 aliphatic heterocycles. The van der Waals surface area contributed by atoms with Crippen molar-refractivity contribution in [3.8, 4) is 11.1 Å². The third-order valence-electron chi connectivity index (χ3n) is 5.80. The Morgan fingerprint density at radius 2 is 1.71 bits per heavy atom. The van der Waals surface area contributed by atoms with Crippen LogP contribution in [0.1, 0.15) is 17.5 Å². The number of phosphoric ester groups is 1. The van der Waals surface area contributed by atoms with Crippen LogP contribution in [-0.4, -0.2) is 59.0 Å². The van der Waals surface area contributed by atoms with E-state index in [1.54, 1.807) is 6.07 Å². The smallest absolute Gasteiger partial charge is 0.387 e. The Kier molecular flexibility index (Phi) is 7.72. The van der Waals surface area contributed by atoms with Crippen molar-refractivity contribution in [1.82, 2.24) is 14.1 Å². The number of aromatic nitrogens is 3. The Morgan fingerprint density at radius 3 is 2.34 bits per heavy atom. The summed E-state index contributed by atoms with van der Waals surface area (Å²) in [6.45, 7) is -1.13. The van der Waals surface area contributed by atoms with Crippen LogP contribution in [-0.2, 0) is 26.5 Å². The van der Waals surface area contributed by atoms with Crippen molar-refractivity contribution in [3.05, 3.63) is 87.0 Å². The van der Waals surface area contributed by atoms with Crippen molar-refractivity contribution in [3.63, 3.8) is 0 Å². The van der Waals surface area contributed by atoms with Gasteiger partial charge in [0.15, 0.2) is 6.23 Å². The lowest BCUT2D eigenvalue weighted by atomic mass is 10.0. The zero-order valence-electron chi connectivity index (χ0n) is 19.2. The molecule has 38 heavy (non-hydrogen) atoms. The van der Waals surface area contributed by atoms with Gasteiger partial charge in [0.25, 0.3) is 5.56 Å². The molecule has 12 nitrogen and oxygen atoms in total. The first-order chi connectivity index (χ1) is 17.7. The van der Waals surface area contributed by atoms with E-state index in [2.05, 4.69) is 9.51 Å². The fourth-order valence-electron chi connectivity index (χ4n) is 3.90. The highest BCUT2D eigenvalue weighted by atomic mass is 31.2. The van der Waals surface area contributed by atoms with Gasteiger partial charge in [-0.1, -0.05) is 12.1 Å². The van der Waals surface area contributed by atoms with E-state index in [1.165, 1.54) is 24.4 Å². The normalized spacial score (nSPS) is 22.1. The van der Waals surface area contributed by atoms with E-state index >= 15 is 0 Å². The van der Waals surface area contributed by atoms with Crippen molar-refractivity contribution >= 4 is 7.82 Å². The molecular weight excluding hydrogens is 538 g/mol. The Bertz CT molecular complexity index is 1470. The summed E-state index contributed by atoms with van der Waals surface area (Å²) in [5.41, 5.74) is -1.35. The van der Waals surface area contributed by atoms with Crippen LogP contribution < -0.4 is 11.2 Å². The number of halogens is 3. The molecule has 1 saturated heterocycles. The van der Waals surface area contributed by atoms with E-state index in [9.17, 15) is 37.5 Å². The molecule has 4 N–H and O–H groups in total. The number of hydrogen-bond donors (Lipinski definition) is 4. The number of nitrogens with zero attached hydrogens (tertiary/aromatic N) is 3. The largest absolute Gasteiger partial charge is 0.469 e. The van der Waals surface area contributed by atoms with E-state index in [0.717, 1.165) is 33.5 Å². The molecule has 0 spiro atoms. The van der Waals surface area contributed by atoms with Crippen molar-refractivity contribution in [2.24, 2.45) is 0 Å². The molecule has 3 aromatic rings. The van der Waals surface area contributed by atoms with Gasteiger partial charge in [0.1, 0.15) is 18.3 Å². The lowest BCUT2D eigenvalue weighted by Gasteiger charge is -2.18. The minimum absolute atomic E-state index is 0.222. The second-order valence-electron chi connectivity index (χ2n) is 8.37. The number of ether oxygens (including phenoxy) is 1. The van der Waals surface area contributed by atoms with Crippen molar-refractivity contribution in [2.75, 3.05) is 6.61 Å². The van der Waals surface area contributed by atoms with Crippen LogP contribution in [0.25, 0.3) is 11.1 Å². The van der Waals surface area contributed by atoms with Gasteiger partial charge in [-0.15, -0.1) is 0 Å². The summed E-state index contributed by atoms with van der Waals surface area (Å²) in [6, 6.07) is 8.45. The van der Waals surface area contributed by atoms with E-state index in [1.807, 2.05) is 0 Å². The Morgan fingerprint density at radius 1 is 1.03 bits per heavy atom. The highest BCUT2D eigenvalue weighted by Crippen LogP contribution is 2.38. The molecular formula is C22H21F3N3O9P. The molecule has 204 valence electrons. The number of phosphoric acid groups is 1. The Labute approximate surface area is 211 Å². The molecule has 1 unspecified atom stereocenters. The summed E-state index contributed by atoms with van der Waals surface area (Å²) in [5, 5.41) is 20.5. The Balaban J connectivity index is 1.59. The van der Waals surface area contributed by atoms with Crippen molar-refractivity contribution in [1.29, 1.82) is 0 Å². The van der Waals surface area contributed by atoms with Gasteiger partial charge in [0, 0.05) is 18.5 Å². The molecule has 4 rings (SSSR count). The first-order valence-corrected chi connectivity index (χ1v) is 12.4. The number of pyridine rings is 1. The zero-order valence-corrected chi connectivity index (χ0v) is 20.1. The van der Waals surface area contributed by atoms with Gasteiger partial charge in [0.2, 0.25) is 0 Å². The number of rotatable bonds is 7. The Hall–Kier alpha value is -3.17. The highest BCUT2D eigenvalue weighted by Gasteiger charge is 2.45. The summed E-state index contributed by atoms with van der Waals surface area (Å²) in [4.78, 5) is 47.4. The second-order valence-corrected chi connectivity index (χ2v) is 9.61. The van der Waals surface area contributed by atoms with Crippen molar-refractivity contribution in [2.45, 2.75) is 37.3 Å². The summed E-state index contributed by atoms with van der Waals surface area (Å²) in [6.07, 6.45) is -8.37. The van der Waals surface area contributed by atoms with Crippen LogP contribution in [0.4, 0.5) is 13.2 Å². The molecule has 0 amide bonds. The average Bonchev–Trinajstić information content (AvgIpc) is 3.13. The van der Waals surface area contributed by atoms with Gasteiger partial charge in [0.05, 0.1) is 24.4 Å². The van der Waals surface area contributed by atoms with Gasteiger partial charge in [-0.25, -0.2) is 9.36 Å². The monoisotopic (exact) mass is 559 g/mol. The first-order valence-electron chi connectivity index (χ1n) is 10.9. The van der Waals surface area contributed by atoms with Crippen LogP contribution in [0.3, 0.4) is 0 Å². The summed E-state index contributed by atoms with van der Waals surface area (Å²) < 4.78 is 60.8. The van der Waals surface area contributed by atoms with E-state index < -0.39 is 62.0 Å². The lowest BCUT2D eigenvalue weighted by molar-refractivity contribution is -0.137. The highest BCUT2D eigenvalue weighted by molar-refractivity contribution is 7.46. The molecule has 2 aromatic heterocycles. The summed E-state index contributed by atoms with van der Waals surface area (Å²) >= 11 is 0. The predicted molar refractivity (Wildman–Crippen MR) is 123 cm³/mol. The fraction of sp³-hybridized carbons (Fsp3) is 0.318. The van der Waals surface area contributed by atoms with E-state index in [-0.39, 0.29) is 12.2 Å². The number of aliphatic hydroxyl groups is 2. The maximum Gasteiger partial charge on any atom is 0.469 e. The van der Waals surface area contributed by atoms with Gasteiger partial charge in [-0.3, -0.25) is 23.4 Å². The molecule has 0 radical (unpaired) electrons. The standard InChI is InChI=1S/C22H21F3N3O9P/c23-22(24,25)14-3-1-12(2-4-14)13-5-7-26-15(9-13)10-28-17(29)6-8-27(21(28)32)20-19(31)18(30)16(37-20)11-36-38(33,34)35/h1-9,16,18-20,30-31H,10-11H2,(H2,33,34,35)/t16-,18?,19+,20-/m1/s1. The molecule has 0 bridgehead atoms. The number of aliphatic hydroxyl groups excluding tert-OH is 2. The average molecular weight is 559 g/mol. The third-order valence-corrected chi connectivity index (χ3v) is 6.28. The SMILES string of the molecule is O=c1ccn([C@@H]2O[C@H](COP(=O)(O)O)C(O)[C@@H]2O)c(=O)n1Cc1cc(-c2ccc(C(F)(F)F)cc2)ccn1. The number of benzene rings is 1. The van der Waals surface area contributed by atoms with Crippen molar-refractivity contribution < 1.29 is 47.0 Å². The molecule has 1 fully saturated rings. The number of alkyl halides is 3. The predicted octanol–water partition coefficient (Wildman–Crippen LogP) is 0.868. The molecule has 4 atom stereocenters. The van der Waals surface area contributed by atoms with Crippen LogP contribution in [0, 0.1) is 0 Å². The maximum atomic E-state index is 13.1. The topological polar surface area (TPSA) is 173 Å². The van der Waals surface area contributed by atoms with Gasteiger partial charge in [-0.2, -0.15) is 13.2 Å². The minimum Gasteiger partial charge on any atom is -0.387 e. The van der Waals surface area contributed by atoms with Gasteiger partial charge < -0.3 is 24.7 Å². The maximum absolute atomic E-state index is 13.1. The molecule has 1 aromatic carbocycles. The van der Waals surface area contributed by atoms with Crippen LogP contribution in [0.2, 0.25) is 0 Å². The summed E-state index contributed by atoms with van der Waals surface area (Å²) in [7, 11) is -4.90. The third kappa shape index (κ3) is 6.10. The minimum atomic E-state index is -4.90. The van der Waals surface area contributed by atoms with E-state index in [4.69, 9.17) is 14.5 Å². The molecule has 1 aliphatic rings. The van der Waals surface area contributed by atoms with Gasteiger partial charge >= 0.3 is 19.7 Å². The molecule has 16 heteroatoms. The van der Waals surface area contributed by atoms with Crippen LogP contribution >= 0.6 is 7.82 Å². The van der Waals surface area contributed by atoms with Gasteiger partial charge in [-0.05, 0) is 35.4 Å². The van der Waals surface area contributed by atoms with Crippen LogP contribution in [0.5, 0.6) is 0 Å². The quantitative estimate of drug-likeness (QED) is 0.304. The molecule has 0 aliphatic carbocycles.